The van der Waals surface area contributed by atoms with Gasteiger partial charge in [-0.15, -0.1) is 11.8 Å². The first-order valence-electron chi connectivity index (χ1n) is 9.76. The Bertz CT molecular complexity index is 1090. The third-order valence-electron chi connectivity index (χ3n) is 4.53. The van der Waals surface area contributed by atoms with Gasteiger partial charge in [-0.1, -0.05) is 42.3 Å². The number of thioether (sulfide) groups is 1. The second-order valence-electron chi connectivity index (χ2n) is 6.98. The van der Waals surface area contributed by atoms with Crippen LogP contribution in [-0.4, -0.2) is 17.1 Å². The number of carbonyl (C=O) groups is 2. The molecule has 2 amide bonds. The number of benzene rings is 3. The Labute approximate surface area is 190 Å². The molecule has 0 saturated heterocycles. The van der Waals surface area contributed by atoms with E-state index in [1.54, 1.807) is 18.2 Å². The molecule has 3 aromatic carbocycles. The quantitative estimate of drug-likeness (QED) is 0.396. The maximum Gasteiger partial charge on any atom is 0.255 e. The van der Waals surface area contributed by atoms with Crippen LogP contribution in [0.5, 0.6) is 0 Å². The van der Waals surface area contributed by atoms with Gasteiger partial charge in [-0.3, -0.25) is 9.59 Å². The third kappa shape index (κ3) is 6.32. The second-order valence-corrected chi connectivity index (χ2v) is 8.66. The zero-order chi connectivity index (χ0) is 22.4. The summed E-state index contributed by atoms with van der Waals surface area (Å²) in [5.41, 5.74) is 2.75. The average Bonchev–Trinajstić information content (AvgIpc) is 2.75. The van der Waals surface area contributed by atoms with Gasteiger partial charge in [0.2, 0.25) is 5.91 Å². The van der Waals surface area contributed by atoms with Crippen LogP contribution < -0.4 is 10.6 Å². The summed E-state index contributed by atoms with van der Waals surface area (Å²) in [5, 5.41) is 5.25. The molecular formula is C24H22ClFN2O2S. The number of nitrogens with one attached hydrogen (secondary N) is 2. The maximum atomic E-state index is 13.3. The van der Waals surface area contributed by atoms with Crippen molar-refractivity contribution in [2.24, 2.45) is 0 Å². The second kappa shape index (κ2) is 10.5. The lowest BCUT2D eigenvalue weighted by Crippen LogP contribution is -2.24. The summed E-state index contributed by atoms with van der Waals surface area (Å²) >= 11 is 7.18. The van der Waals surface area contributed by atoms with Crippen molar-refractivity contribution in [3.8, 4) is 0 Å². The van der Waals surface area contributed by atoms with E-state index in [0.29, 0.717) is 23.4 Å². The third-order valence-corrected chi connectivity index (χ3v) is 6.18. The number of hydrogen-bond acceptors (Lipinski definition) is 3. The summed E-state index contributed by atoms with van der Waals surface area (Å²) in [6.45, 7) is 3.88. The number of anilines is 2. The van der Waals surface area contributed by atoms with Crippen molar-refractivity contribution in [3.05, 3.63) is 88.7 Å². The fraction of sp³-hybridized carbons (Fsp3) is 0.167. The van der Waals surface area contributed by atoms with Crippen LogP contribution in [0.2, 0.25) is 5.02 Å². The number of halogens is 2. The largest absolute Gasteiger partial charge is 0.325 e. The van der Waals surface area contributed by atoms with E-state index in [2.05, 4.69) is 10.6 Å². The highest BCUT2D eigenvalue weighted by atomic mass is 35.5. The minimum Gasteiger partial charge on any atom is -0.325 e. The van der Waals surface area contributed by atoms with Gasteiger partial charge in [0.25, 0.3) is 5.91 Å². The minimum atomic E-state index is -0.536. The molecular weight excluding hydrogens is 435 g/mol. The molecule has 0 bridgehead atoms. The molecule has 0 heterocycles. The summed E-state index contributed by atoms with van der Waals surface area (Å²) in [6.07, 6.45) is 0.589. The molecule has 3 rings (SSSR count). The monoisotopic (exact) mass is 456 g/mol. The van der Waals surface area contributed by atoms with Crippen molar-refractivity contribution in [2.75, 3.05) is 10.6 Å². The van der Waals surface area contributed by atoms with Gasteiger partial charge >= 0.3 is 0 Å². The molecule has 1 atom stereocenters. The topological polar surface area (TPSA) is 58.2 Å². The average molecular weight is 457 g/mol. The number of rotatable bonds is 7. The summed E-state index contributed by atoms with van der Waals surface area (Å²) in [7, 11) is 0. The van der Waals surface area contributed by atoms with E-state index < -0.39 is 5.82 Å². The van der Waals surface area contributed by atoms with Crippen LogP contribution in [0.15, 0.2) is 71.6 Å². The number of amides is 2. The van der Waals surface area contributed by atoms with Crippen molar-refractivity contribution in [2.45, 2.75) is 30.4 Å². The molecule has 4 nitrogen and oxygen atoms in total. The molecule has 0 fully saturated rings. The zero-order valence-corrected chi connectivity index (χ0v) is 18.7. The molecule has 3 aromatic rings. The van der Waals surface area contributed by atoms with Gasteiger partial charge in [-0.05, 0) is 61.9 Å². The van der Waals surface area contributed by atoms with Gasteiger partial charge in [0.15, 0.2) is 0 Å². The summed E-state index contributed by atoms with van der Waals surface area (Å²) in [6, 6.07) is 18.8. The molecule has 2 N–H and O–H groups in total. The maximum absolute atomic E-state index is 13.3. The number of hydrogen-bond donors (Lipinski definition) is 2. The Balaban J connectivity index is 1.66. The van der Waals surface area contributed by atoms with Crippen LogP contribution in [0.3, 0.4) is 0 Å². The summed E-state index contributed by atoms with van der Waals surface area (Å²) < 4.78 is 13.3. The number of carbonyl (C=O) groups excluding carboxylic acids is 2. The Hall–Kier alpha value is -2.83. The first-order valence-corrected chi connectivity index (χ1v) is 11.0. The van der Waals surface area contributed by atoms with E-state index in [-0.39, 0.29) is 22.1 Å². The fourth-order valence-electron chi connectivity index (χ4n) is 2.84. The Kier molecular flexibility index (Phi) is 7.71. The van der Waals surface area contributed by atoms with Crippen LogP contribution in [0, 0.1) is 12.7 Å². The van der Waals surface area contributed by atoms with Crippen molar-refractivity contribution in [3.63, 3.8) is 0 Å². The molecule has 7 heteroatoms. The number of aryl methyl sites for hydroxylation is 1. The highest BCUT2D eigenvalue weighted by Crippen LogP contribution is 2.29. The Morgan fingerprint density at radius 3 is 2.39 bits per heavy atom. The lowest BCUT2D eigenvalue weighted by Gasteiger charge is -2.16. The van der Waals surface area contributed by atoms with Crippen molar-refractivity contribution in [1.82, 2.24) is 0 Å². The molecule has 0 spiro atoms. The van der Waals surface area contributed by atoms with E-state index in [0.717, 1.165) is 10.5 Å². The molecule has 0 radical (unpaired) electrons. The lowest BCUT2D eigenvalue weighted by molar-refractivity contribution is -0.115. The first-order chi connectivity index (χ1) is 14.9. The minimum absolute atomic E-state index is 0.0458. The van der Waals surface area contributed by atoms with Crippen molar-refractivity contribution < 1.29 is 14.0 Å². The van der Waals surface area contributed by atoms with Gasteiger partial charge in [0, 0.05) is 21.8 Å². The highest BCUT2D eigenvalue weighted by molar-refractivity contribution is 8.00. The molecule has 0 aliphatic heterocycles. The molecule has 0 aliphatic rings. The van der Waals surface area contributed by atoms with Gasteiger partial charge in [0.1, 0.15) is 5.82 Å². The standard InChI is InChI=1S/C24H22ClFN2O2S/c1-3-22(24(30)28-18-11-12-21(26)20(25)14-18)31-19-6-4-5-17(13-19)27-23(29)16-9-7-15(2)8-10-16/h4-14,22H,3H2,1-2H3,(H,27,29)(H,28,30). The van der Waals surface area contributed by atoms with Crippen LogP contribution in [0.4, 0.5) is 15.8 Å². The van der Waals surface area contributed by atoms with Gasteiger partial charge in [-0.2, -0.15) is 0 Å². The SMILES string of the molecule is CCC(Sc1cccc(NC(=O)c2ccc(C)cc2)c1)C(=O)Nc1ccc(F)c(Cl)c1. The summed E-state index contributed by atoms with van der Waals surface area (Å²) in [5.74, 6) is -0.935. The predicted octanol–water partition coefficient (Wildman–Crippen LogP) is 6.55. The highest BCUT2D eigenvalue weighted by Gasteiger charge is 2.19. The van der Waals surface area contributed by atoms with Crippen molar-refractivity contribution in [1.29, 1.82) is 0 Å². The van der Waals surface area contributed by atoms with E-state index in [4.69, 9.17) is 11.6 Å². The summed E-state index contributed by atoms with van der Waals surface area (Å²) in [4.78, 5) is 26.0. The first kappa shape index (κ1) is 22.8. The van der Waals surface area contributed by atoms with Crippen LogP contribution in [0.25, 0.3) is 0 Å². The molecule has 1 unspecified atom stereocenters. The fourth-order valence-corrected chi connectivity index (χ4v) is 4.03. The van der Waals surface area contributed by atoms with E-state index in [1.165, 1.54) is 30.0 Å². The van der Waals surface area contributed by atoms with E-state index >= 15 is 0 Å². The van der Waals surface area contributed by atoms with Crippen LogP contribution >= 0.6 is 23.4 Å². The Morgan fingerprint density at radius 1 is 1.00 bits per heavy atom. The molecule has 0 aromatic heterocycles. The molecule has 0 saturated carbocycles. The van der Waals surface area contributed by atoms with Crippen LogP contribution in [0.1, 0.15) is 29.3 Å². The zero-order valence-electron chi connectivity index (χ0n) is 17.1. The smallest absolute Gasteiger partial charge is 0.255 e. The van der Waals surface area contributed by atoms with E-state index in [1.807, 2.05) is 44.2 Å². The van der Waals surface area contributed by atoms with Gasteiger partial charge in [0.05, 0.1) is 10.3 Å². The molecule has 0 aliphatic carbocycles. The lowest BCUT2D eigenvalue weighted by atomic mass is 10.1. The molecule has 31 heavy (non-hydrogen) atoms. The molecule has 160 valence electrons. The van der Waals surface area contributed by atoms with Gasteiger partial charge < -0.3 is 10.6 Å². The van der Waals surface area contributed by atoms with Crippen LogP contribution in [-0.2, 0) is 4.79 Å². The van der Waals surface area contributed by atoms with E-state index in [9.17, 15) is 14.0 Å². The van der Waals surface area contributed by atoms with Gasteiger partial charge in [-0.25, -0.2) is 4.39 Å². The Morgan fingerprint density at radius 2 is 1.71 bits per heavy atom. The van der Waals surface area contributed by atoms with Crippen molar-refractivity contribution >= 4 is 46.6 Å². The predicted molar refractivity (Wildman–Crippen MR) is 126 cm³/mol. The normalized spacial score (nSPS) is 11.6.